The molecule has 0 saturated heterocycles. The number of pyridine rings is 1. The highest BCUT2D eigenvalue weighted by atomic mass is 16.2. The molecule has 3 N–H and O–H groups in total. The molecule has 15 heavy (non-hydrogen) atoms. The molecule has 0 aliphatic rings. The SMILES string of the molecule is O=c1[nH]c(=O)[nH]c(=O)[nH]1.c1ccncc1. The number of H-pyrrole nitrogens is 3. The number of nitrogens with zero attached hydrogens (tertiary/aromatic N) is 1. The Balaban J connectivity index is 0.000000162. The summed E-state index contributed by atoms with van der Waals surface area (Å²) in [4.78, 5) is 39.7. The molecule has 0 saturated carbocycles. The minimum absolute atomic E-state index is 0.802. The van der Waals surface area contributed by atoms with Crippen molar-refractivity contribution in [2.75, 3.05) is 0 Å². The van der Waals surface area contributed by atoms with Gasteiger partial charge in [-0.25, -0.2) is 14.4 Å². The molecule has 0 bridgehead atoms. The predicted octanol–water partition coefficient (Wildman–Crippen LogP) is -1.17. The Morgan fingerprint density at radius 1 is 0.733 bits per heavy atom. The van der Waals surface area contributed by atoms with Crippen LogP contribution in [0.5, 0.6) is 0 Å². The van der Waals surface area contributed by atoms with Crippen LogP contribution in [0, 0.1) is 0 Å². The van der Waals surface area contributed by atoms with Crippen molar-refractivity contribution in [1.29, 1.82) is 0 Å². The van der Waals surface area contributed by atoms with Crippen LogP contribution in [0.15, 0.2) is 45.0 Å². The molecule has 7 heteroatoms. The van der Waals surface area contributed by atoms with Crippen LogP contribution < -0.4 is 17.1 Å². The lowest BCUT2D eigenvalue weighted by Gasteiger charge is -1.77. The maximum absolute atomic E-state index is 10.2. The van der Waals surface area contributed by atoms with E-state index in [0.717, 1.165) is 0 Å². The number of rotatable bonds is 0. The van der Waals surface area contributed by atoms with Gasteiger partial charge in [-0.15, -0.1) is 0 Å². The first-order valence-corrected chi connectivity index (χ1v) is 3.96. The summed E-state index contributed by atoms with van der Waals surface area (Å²) in [7, 11) is 0. The molecule has 78 valence electrons. The van der Waals surface area contributed by atoms with Crippen molar-refractivity contribution < 1.29 is 0 Å². The predicted molar refractivity (Wildman–Crippen MR) is 52.5 cm³/mol. The van der Waals surface area contributed by atoms with E-state index in [-0.39, 0.29) is 0 Å². The highest BCUT2D eigenvalue weighted by molar-refractivity contribution is 4.88. The van der Waals surface area contributed by atoms with E-state index in [2.05, 4.69) is 4.98 Å². The van der Waals surface area contributed by atoms with Crippen LogP contribution in [-0.2, 0) is 0 Å². The van der Waals surface area contributed by atoms with E-state index >= 15 is 0 Å². The third-order valence-electron chi connectivity index (χ3n) is 1.25. The van der Waals surface area contributed by atoms with E-state index in [1.807, 2.05) is 18.2 Å². The smallest absolute Gasteiger partial charge is 0.265 e. The summed E-state index contributed by atoms with van der Waals surface area (Å²) in [6.07, 6.45) is 3.50. The molecule has 2 rings (SSSR count). The molecule has 0 aliphatic carbocycles. The molecule has 0 atom stereocenters. The maximum Gasteiger partial charge on any atom is 0.330 e. The van der Waals surface area contributed by atoms with Crippen molar-refractivity contribution in [1.82, 2.24) is 19.9 Å². The summed E-state index contributed by atoms with van der Waals surface area (Å²) >= 11 is 0. The molecule has 0 amide bonds. The largest absolute Gasteiger partial charge is 0.330 e. The van der Waals surface area contributed by atoms with Crippen LogP contribution in [-0.4, -0.2) is 19.9 Å². The molecule has 2 aromatic rings. The second-order valence-electron chi connectivity index (χ2n) is 2.39. The van der Waals surface area contributed by atoms with Gasteiger partial charge in [-0.3, -0.25) is 19.9 Å². The first-order chi connectivity index (χ1) is 7.18. The second kappa shape index (κ2) is 5.32. The van der Waals surface area contributed by atoms with Gasteiger partial charge in [0.05, 0.1) is 0 Å². The van der Waals surface area contributed by atoms with Gasteiger partial charge in [0.25, 0.3) is 0 Å². The third-order valence-corrected chi connectivity index (χ3v) is 1.25. The van der Waals surface area contributed by atoms with E-state index in [1.54, 1.807) is 27.3 Å². The van der Waals surface area contributed by atoms with Gasteiger partial charge in [0.2, 0.25) is 0 Å². The summed E-state index contributed by atoms with van der Waals surface area (Å²) in [5.74, 6) is 0. The molecular weight excluding hydrogens is 200 g/mol. The van der Waals surface area contributed by atoms with Crippen molar-refractivity contribution in [3.05, 3.63) is 62.0 Å². The number of nitrogens with one attached hydrogen (secondary N) is 3. The first kappa shape index (κ1) is 10.6. The number of aromatic amines is 3. The fraction of sp³-hybridized carbons (Fsp3) is 0. The molecule has 0 radical (unpaired) electrons. The van der Waals surface area contributed by atoms with E-state index in [9.17, 15) is 14.4 Å². The van der Waals surface area contributed by atoms with E-state index in [1.165, 1.54) is 0 Å². The Morgan fingerprint density at radius 3 is 1.33 bits per heavy atom. The van der Waals surface area contributed by atoms with Gasteiger partial charge < -0.3 is 0 Å². The van der Waals surface area contributed by atoms with E-state index in [0.29, 0.717) is 0 Å². The highest BCUT2D eigenvalue weighted by Crippen LogP contribution is 1.73. The lowest BCUT2D eigenvalue weighted by Crippen LogP contribution is -2.34. The zero-order chi connectivity index (χ0) is 11.1. The Bertz CT molecular complexity index is 449. The molecular formula is C8H8N4O3. The fourth-order valence-electron chi connectivity index (χ4n) is 0.716. The van der Waals surface area contributed by atoms with Crippen LogP contribution in [0.1, 0.15) is 0 Å². The molecule has 2 heterocycles. The minimum Gasteiger partial charge on any atom is -0.265 e. The molecule has 0 fully saturated rings. The first-order valence-electron chi connectivity index (χ1n) is 3.96. The molecule has 0 unspecified atom stereocenters. The Morgan fingerprint density at radius 2 is 1.13 bits per heavy atom. The summed E-state index contributed by atoms with van der Waals surface area (Å²) in [5.41, 5.74) is -2.41. The number of hydrogen-bond acceptors (Lipinski definition) is 4. The zero-order valence-corrected chi connectivity index (χ0v) is 7.56. The van der Waals surface area contributed by atoms with Gasteiger partial charge in [-0.2, -0.15) is 0 Å². The number of hydrogen-bond donors (Lipinski definition) is 3. The molecule has 0 aromatic carbocycles. The van der Waals surface area contributed by atoms with E-state index < -0.39 is 17.1 Å². The molecule has 0 aliphatic heterocycles. The minimum atomic E-state index is -0.802. The Kier molecular flexibility index (Phi) is 3.78. The van der Waals surface area contributed by atoms with Crippen molar-refractivity contribution >= 4 is 0 Å². The average molecular weight is 208 g/mol. The van der Waals surface area contributed by atoms with Crippen LogP contribution in [0.2, 0.25) is 0 Å². The third kappa shape index (κ3) is 4.36. The van der Waals surface area contributed by atoms with Crippen LogP contribution >= 0.6 is 0 Å². The lowest BCUT2D eigenvalue weighted by molar-refractivity contribution is 0.888. The zero-order valence-electron chi connectivity index (χ0n) is 7.56. The molecule has 0 spiro atoms. The van der Waals surface area contributed by atoms with Crippen LogP contribution in [0.4, 0.5) is 0 Å². The summed E-state index contributed by atoms with van der Waals surface area (Å²) in [6, 6.07) is 5.72. The van der Waals surface area contributed by atoms with Gasteiger partial charge in [0.1, 0.15) is 0 Å². The van der Waals surface area contributed by atoms with Gasteiger partial charge >= 0.3 is 17.1 Å². The highest BCUT2D eigenvalue weighted by Gasteiger charge is 1.85. The van der Waals surface area contributed by atoms with Crippen molar-refractivity contribution in [2.24, 2.45) is 0 Å². The van der Waals surface area contributed by atoms with Gasteiger partial charge in [0.15, 0.2) is 0 Å². The fourth-order valence-corrected chi connectivity index (χ4v) is 0.716. The quantitative estimate of drug-likeness (QED) is 0.506. The normalized spacial score (nSPS) is 8.80. The topological polar surface area (TPSA) is 111 Å². The maximum atomic E-state index is 10.2. The standard InChI is InChI=1S/C5H5N.C3H3N3O3/c1-2-4-6-5-3-1;7-1-4-2(8)6-3(9)5-1/h1-5H;(H3,4,5,6,7,8,9). The molecule has 7 nitrogen and oxygen atoms in total. The van der Waals surface area contributed by atoms with Gasteiger partial charge in [-0.1, -0.05) is 6.07 Å². The number of aromatic nitrogens is 4. The monoisotopic (exact) mass is 208 g/mol. The van der Waals surface area contributed by atoms with Crippen LogP contribution in [0.3, 0.4) is 0 Å². The second-order valence-corrected chi connectivity index (χ2v) is 2.39. The molecule has 2 aromatic heterocycles. The van der Waals surface area contributed by atoms with Gasteiger partial charge in [0, 0.05) is 12.4 Å². The van der Waals surface area contributed by atoms with Crippen LogP contribution in [0.25, 0.3) is 0 Å². The Labute approximate surface area is 82.9 Å². The summed E-state index contributed by atoms with van der Waals surface area (Å²) < 4.78 is 0. The van der Waals surface area contributed by atoms with E-state index in [4.69, 9.17) is 0 Å². The van der Waals surface area contributed by atoms with Crippen molar-refractivity contribution in [3.63, 3.8) is 0 Å². The summed E-state index contributed by atoms with van der Waals surface area (Å²) in [6.45, 7) is 0. The lowest BCUT2D eigenvalue weighted by atomic mass is 10.5. The Hall–Kier alpha value is -2.44. The average Bonchev–Trinajstić information content (AvgIpc) is 2.19. The summed E-state index contributed by atoms with van der Waals surface area (Å²) in [5, 5.41) is 0. The van der Waals surface area contributed by atoms with Crippen molar-refractivity contribution in [3.8, 4) is 0 Å². The van der Waals surface area contributed by atoms with Gasteiger partial charge in [-0.05, 0) is 12.1 Å². The van der Waals surface area contributed by atoms with Crippen molar-refractivity contribution in [2.45, 2.75) is 0 Å².